The molecule has 128 valence electrons. The zero-order valence-electron chi connectivity index (χ0n) is 14.5. The summed E-state index contributed by atoms with van der Waals surface area (Å²) < 4.78 is 29.2. The van der Waals surface area contributed by atoms with E-state index in [9.17, 15) is 8.42 Å². The van der Waals surface area contributed by atoms with Crippen LogP contribution in [0.4, 0.5) is 0 Å². The largest absolute Gasteiger partial charge is 0.271 e. The number of nitrogens with zero attached hydrogens (tertiary/aromatic N) is 3. The predicted octanol–water partition coefficient (Wildman–Crippen LogP) is 3.58. The third kappa shape index (κ3) is 5.09. The smallest absolute Gasteiger partial charge is 0.246 e. The Balaban J connectivity index is 2.94. The van der Waals surface area contributed by atoms with Crippen LogP contribution in [0.3, 0.4) is 0 Å². The maximum atomic E-state index is 12.9. The summed E-state index contributed by atoms with van der Waals surface area (Å²) >= 11 is 0. The van der Waals surface area contributed by atoms with Crippen LogP contribution in [0.25, 0.3) is 0 Å². The molecule has 0 saturated carbocycles. The number of unbranched alkanes of at least 4 members (excludes halogenated alkanes) is 4. The van der Waals surface area contributed by atoms with Crippen LogP contribution < -0.4 is 0 Å². The molecule has 0 amide bonds. The van der Waals surface area contributed by atoms with E-state index in [0.29, 0.717) is 30.2 Å². The molecule has 1 aromatic rings. The molecule has 0 bridgehead atoms. The minimum atomic E-state index is -3.43. The third-order valence-corrected chi connectivity index (χ3v) is 5.87. The standard InChI is InChI=1S/C16H31N3O2S/c1-5-8-10-12-19(13-11-9-6-2)22(20,21)16-14-18(7-3)17-15(16)4/h14H,5-13H2,1-4H3. The fourth-order valence-corrected chi connectivity index (χ4v) is 4.17. The zero-order chi connectivity index (χ0) is 16.6. The average molecular weight is 330 g/mol. The normalized spacial score (nSPS) is 12.2. The first-order valence-electron chi connectivity index (χ1n) is 8.51. The average Bonchev–Trinajstić information content (AvgIpc) is 2.88. The van der Waals surface area contributed by atoms with E-state index in [0.717, 1.165) is 38.5 Å². The Bertz CT molecular complexity index is 528. The summed E-state index contributed by atoms with van der Waals surface area (Å²) in [4.78, 5) is 0.363. The molecule has 0 unspecified atom stereocenters. The highest BCUT2D eigenvalue weighted by molar-refractivity contribution is 7.89. The Labute approximate surface area is 135 Å². The predicted molar refractivity (Wildman–Crippen MR) is 90.4 cm³/mol. The lowest BCUT2D eigenvalue weighted by Crippen LogP contribution is -2.33. The minimum Gasteiger partial charge on any atom is -0.271 e. The van der Waals surface area contributed by atoms with Crippen molar-refractivity contribution in [3.8, 4) is 0 Å². The Hall–Kier alpha value is -0.880. The summed E-state index contributed by atoms with van der Waals surface area (Å²) in [5, 5.41) is 4.28. The highest BCUT2D eigenvalue weighted by Crippen LogP contribution is 2.20. The fraction of sp³-hybridized carbons (Fsp3) is 0.812. The van der Waals surface area contributed by atoms with E-state index in [-0.39, 0.29) is 0 Å². The van der Waals surface area contributed by atoms with Crippen LogP contribution in [-0.4, -0.2) is 35.6 Å². The molecule has 0 spiro atoms. The van der Waals surface area contributed by atoms with Crippen LogP contribution in [-0.2, 0) is 16.6 Å². The van der Waals surface area contributed by atoms with E-state index >= 15 is 0 Å². The van der Waals surface area contributed by atoms with Crippen molar-refractivity contribution in [3.05, 3.63) is 11.9 Å². The van der Waals surface area contributed by atoms with Gasteiger partial charge < -0.3 is 0 Å². The van der Waals surface area contributed by atoms with Gasteiger partial charge in [0.1, 0.15) is 4.90 Å². The number of rotatable bonds is 11. The van der Waals surface area contributed by atoms with E-state index in [2.05, 4.69) is 18.9 Å². The first-order chi connectivity index (χ1) is 10.5. The molecule has 0 aliphatic carbocycles. The molecule has 5 nitrogen and oxygen atoms in total. The van der Waals surface area contributed by atoms with Crippen LogP contribution in [0.2, 0.25) is 0 Å². The van der Waals surface area contributed by atoms with Crippen molar-refractivity contribution in [1.82, 2.24) is 14.1 Å². The molecule has 1 heterocycles. The minimum absolute atomic E-state index is 0.363. The van der Waals surface area contributed by atoms with Crippen LogP contribution in [0, 0.1) is 6.92 Å². The van der Waals surface area contributed by atoms with E-state index < -0.39 is 10.0 Å². The van der Waals surface area contributed by atoms with Gasteiger partial charge >= 0.3 is 0 Å². The molecule has 0 fully saturated rings. The van der Waals surface area contributed by atoms with Crippen molar-refractivity contribution in [2.75, 3.05) is 13.1 Å². The van der Waals surface area contributed by atoms with E-state index in [1.54, 1.807) is 22.1 Å². The van der Waals surface area contributed by atoms with Crippen molar-refractivity contribution < 1.29 is 8.42 Å². The highest BCUT2D eigenvalue weighted by atomic mass is 32.2. The first kappa shape index (κ1) is 19.2. The fourth-order valence-electron chi connectivity index (χ4n) is 2.48. The van der Waals surface area contributed by atoms with Crippen LogP contribution in [0.1, 0.15) is 65.0 Å². The van der Waals surface area contributed by atoms with Gasteiger partial charge in [0, 0.05) is 25.8 Å². The SMILES string of the molecule is CCCCCN(CCCCC)S(=O)(=O)c1cn(CC)nc1C. The van der Waals surface area contributed by atoms with Gasteiger partial charge in [0.15, 0.2) is 0 Å². The number of aromatic nitrogens is 2. The number of hydrogen-bond donors (Lipinski definition) is 0. The second-order valence-electron chi connectivity index (χ2n) is 5.75. The molecule has 1 rings (SSSR count). The molecular formula is C16H31N3O2S. The van der Waals surface area contributed by atoms with Crippen molar-refractivity contribution in [1.29, 1.82) is 0 Å². The maximum absolute atomic E-state index is 12.9. The molecule has 0 N–H and O–H groups in total. The molecule has 0 saturated heterocycles. The van der Waals surface area contributed by atoms with Gasteiger partial charge in [0.2, 0.25) is 10.0 Å². The van der Waals surface area contributed by atoms with Crippen molar-refractivity contribution >= 4 is 10.0 Å². The monoisotopic (exact) mass is 329 g/mol. The molecular weight excluding hydrogens is 298 g/mol. The van der Waals surface area contributed by atoms with Gasteiger partial charge in [0.25, 0.3) is 0 Å². The molecule has 6 heteroatoms. The molecule has 0 radical (unpaired) electrons. The van der Waals surface area contributed by atoms with Crippen molar-refractivity contribution in [2.24, 2.45) is 0 Å². The Morgan fingerprint density at radius 1 is 1.05 bits per heavy atom. The van der Waals surface area contributed by atoms with E-state index in [4.69, 9.17) is 0 Å². The van der Waals surface area contributed by atoms with E-state index in [1.165, 1.54) is 0 Å². The van der Waals surface area contributed by atoms with Crippen molar-refractivity contribution in [3.63, 3.8) is 0 Å². The Morgan fingerprint density at radius 2 is 1.59 bits per heavy atom. The lowest BCUT2D eigenvalue weighted by Gasteiger charge is -2.21. The van der Waals surface area contributed by atoms with Crippen LogP contribution in [0.15, 0.2) is 11.1 Å². The maximum Gasteiger partial charge on any atom is 0.246 e. The summed E-state index contributed by atoms with van der Waals surface area (Å²) in [5.74, 6) is 0. The van der Waals surface area contributed by atoms with Gasteiger partial charge in [-0.25, -0.2) is 8.42 Å². The Kier molecular flexibility index (Phi) is 8.10. The van der Waals surface area contributed by atoms with Crippen LogP contribution in [0.5, 0.6) is 0 Å². The number of sulfonamides is 1. The second kappa shape index (κ2) is 9.30. The third-order valence-electron chi connectivity index (χ3n) is 3.87. The van der Waals surface area contributed by atoms with Gasteiger partial charge in [-0.1, -0.05) is 39.5 Å². The van der Waals surface area contributed by atoms with Gasteiger partial charge in [-0.2, -0.15) is 9.40 Å². The summed E-state index contributed by atoms with van der Waals surface area (Å²) in [6, 6.07) is 0. The summed E-state index contributed by atoms with van der Waals surface area (Å²) in [6.45, 7) is 9.89. The summed E-state index contributed by atoms with van der Waals surface area (Å²) in [5.41, 5.74) is 0.595. The molecule has 22 heavy (non-hydrogen) atoms. The molecule has 1 aromatic heterocycles. The first-order valence-corrected chi connectivity index (χ1v) is 9.95. The number of aryl methyl sites for hydroxylation is 2. The van der Waals surface area contributed by atoms with Gasteiger partial charge in [-0.05, 0) is 26.7 Å². The molecule has 0 aliphatic rings. The molecule has 0 atom stereocenters. The molecule has 0 aliphatic heterocycles. The lowest BCUT2D eigenvalue weighted by molar-refractivity contribution is 0.388. The highest BCUT2D eigenvalue weighted by Gasteiger charge is 2.27. The summed E-state index contributed by atoms with van der Waals surface area (Å²) in [7, 11) is -3.43. The van der Waals surface area contributed by atoms with Gasteiger partial charge in [0.05, 0.1) is 5.69 Å². The summed E-state index contributed by atoms with van der Waals surface area (Å²) in [6.07, 6.45) is 7.81. The topological polar surface area (TPSA) is 55.2 Å². The van der Waals surface area contributed by atoms with Gasteiger partial charge in [-0.3, -0.25) is 4.68 Å². The molecule has 0 aromatic carbocycles. The Morgan fingerprint density at radius 3 is 2.00 bits per heavy atom. The lowest BCUT2D eigenvalue weighted by atomic mass is 10.2. The van der Waals surface area contributed by atoms with E-state index in [1.807, 2.05) is 6.92 Å². The van der Waals surface area contributed by atoms with Crippen molar-refractivity contribution in [2.45, 2.75) is 77.7 Å². The quantitative estimate of drug-likeness (QED) is 0.583. The zero-order valence-corrected chi connectivity index (χ0v) is 15.3. The van der Waals surface area contributed by atoms with Gasteiger partial charge in [-0.15, -0.1) is 0 Å². The van der Waals surface area contributed by atoms with Crippen LogP contribution >= 0.6 is 0 Å². The second-order valence-corrected chi connectivity index (χ2v) is 7.66. The number of hydrogen-bond acceptors (Lipinski definition) is 3.